The Morgan fingerprint density at radius 3 is 2.86 bits per heavy atom. The van der Waals surface area contributed by atoms with Gasteiger partial charge in [-0.05, 0) is 25.7 Å². The lowest BCUT2D eigenvalue weighted by atomic mass is 10.1. The molecule has 1 heterocycles. The molecule has 1 aliphatic carbocycles. The zero-order valence-electron chi connectivity index (χ0n) is 8.12. The van der Waals surface area contributed by atoms with Crippen LogP contribution in [0.3, 0.4) is 0 Å². The molecule has 2 fully saturated rings. The van der Waals surface area contributed by atoms with Crippen molar-refractivity contribution in [1.29, 1.82) is 0 Å². The summed E-state index contributed by atoms with van der Waals surface area (Å²) in [6, 6.07) is 0. The first kappa shape index (κ1) is 9.45. The average molecular weight is 198 g/mol. The van der Waals surface area contributed by atoms with Crippen LogP contribution in [0, 0.1) is 5.92 Å². The van der Waals surface area contributed by atoms with Crippen LogP contribution in [0.1, 0.15) is 19.8 Å². The van der Waals surface area contributed by atoms with E-state index >= 15 is 0 Å². The van der Waals surface area contributed by atoms with Gasteiger partial charge in [-0.2, -0.15) is 0 Å². The van der Waals surface area contributed by atoms with Gasteiger partial charge in [-0.15, -0.1) is 0 Å². The average Bonchev–Trinajstić information content (AvgIpc) is 2.89. The monoisotopic (exact) mass is 198 g/mol. The normalized spacial score (nSPS) is 32.4. The summed E-state index contributed by atoms with van der Waals surface area (Å²) in [4.78, 5) is 23.5. The molecule has 0 bridgehead atoms. The van der Waals surface area contributed by atoms with Crippen LogP contribution in [0.5, 0.6) is 0 Å². The van der Waals surface area contributed by atoms with E-state index in [-0.39, 0.29) is 19.0 Å². The van der Waals surface area contributed by atoms with Gasteiger partial charge in [0.15, 0.2) is 0 Å². The summed E-state index contributed by atoms with van der Waals surface area (Å²) in [6.45, 7) is 1.98. The minimum atomic E-state index is -0.950. The Labute approximate surface area is 82.1 Å². The molecule has 2 rings (SSSR count). The number of nitrogens with one attached hydrogen (secondary N) is 1. The van der Waals surface area contributed by atoms with E-state index in [0.29, 0.717) is 5.92 Å². The zero-order chi connectivity index (χ0) is 10.3. The lowest BCUT2D eigenvalue weighted by Gasteiger charge is -2.34. The molecule has 0 aromatic heterocycles. The van der Waals surface area contributed by atoms with Crippen molar-refractivity contribution in [3.63, 3.8) is 0 Å². The second-order valence-electron chi connectivity index (χ2n) is 4.15. The lowest BCUT2D eigenvalue weighted by Crippen LogP contribution is -2.53. The Kier molecular flexibility index (Phi) is 1.99. The van der Waals surface area contributed by atoms with Gasteiger partial charge >= 0.3 is 5.97 Å². The van der Waals surface area contributed by atoms with Gasteiger partial charge in [-0.1, -0.05) is 0 Å². The van der Waals surface area contributed by atoms with E-state index in [0.717, 1.165) is 12.8 Å². The van der Waals surface area contributed by atoms with Gasteiger partial charge in [-0.25, -0.2) is 0 Å². The van der Waals surface area contributed by atoms with E-state index in [1.165, 1.54) is 4.90 Å². The predicted octanol–water partition coefficient (Wildman–Crippen LogP) is -0.371. The van der Waals surface area contributed by atoms with Crippen LogP contribution >= 0.6 is 0 Å². The Morgan fingerprint density at radius 1 is 1.71 bits per heavy atom. The third-order valence-corrected chi connectivity index (χ3v) is 3.12. The van der Waals surface area contributed by atoms with Crippen molar-refractivity contribution < 1.29 is 14.7 Å². The van der Waals surface area contributed by atoms with Crippen LogP contribution in [-0.4, -0.2) is 40.6 Å². The Morgan fingerprint density at radius 2 is 2.36 bits per heavy atom. The van der Waals surface area contributed by atoms with Gasteiger partial charge in [0.25, 0.3) is 0 Å². The fourth-order valence-electron chi connectivity index (χ4n) is 2.10. The lowest BCUT2D eigenvalue weighted by molar-refractivity contribution is -0.145. The number of carboxylic acid groups (broad SMARTS) is 1. The van der Waals surface area contributed by atoms with Crippen LogP contribution in [-0.2, 0) is 9.59 Å². The van der Waals surface area contributed by atoms with Gasteiger partial charge < -0.3 is 10.0 Å². The molecule has 2 N–H and O–H groups in total. The summed E-state index contributed by atoms with van der Waals surface area (Å²) in [6.07, 6.45) is 2.15. The molecular weight excluding hydrogens is 184 g/mol. The van der Waals surface area contributed by atoms with Crippen molar-refractivity contribution in [2.45, 2.75) is 25.4 Å². The maximum atomic E-state index is 11.5. The minimum Gasteiger partial charge on any atom is -0.480 e. The zero-order valence-corrected chi connectivity index (χ0v) is 8.12. The molecule has 1 aliphatic heterocycles. The molecule has 0 radical (unpaired) electrons. The number of hydrogen-bond donors (Lipinski definition) is 2. The quantitative estimate of drug-likeness (QED) is 0.649. The van der Waals surface area contributed by atoms with Gasteiger partial charge in [0, 0.05) is 0 Å². The van der Waals surface area contributed by atoms with Crippen LogP contribution < -0.4 is 5.32 Å². The molecule has 78 valence electrons. The number of carboxylic acids is 1. The van der Waals surface area contributed by atoms with Crippen molar-refractivity contribution in [2.24, 2.45) is 5.92 Å². The summed E-state index contributed by atoms with van der Waals surface area (Å²) in [5, 5.41) is 11.8. The molecule has 1 unspecified atom stereocenters. The molecule has 1 atom stereocenters. The first-order chi connectivity index (χ1) is 6.54. The molecule has 0 spiro atoms. The van der Waals surface area contributed by atoms with Gasteiger partial charge in [0.05, 0.1) is 12.2 Å². The van der Waals surface area contributed by atoms with Crippen LogP contribution in [0.4, 0.5) is 0 Å². The summed E-state index contributed by atoms with van der Waals surface area (Å²) >= 11 is 0. The molecule has 2 aliphatic rings. The van der Waals surface area contributed by atoms with Crippen LogP contribution in [0.15, 0.2) is 0 Å². The number of amides is 1. The van der Waals surface area contributed by atoms with E-state index in [4.69, 9.17) is 5.11 Å². The number of hydrogen-bond acceptors (Lipinski definition) is 3. The van der Waals surface area contributed by atoms with Crippen LogP contribution in [0.25, 0.3) is 0 Å². The summed E-state index contributed by atoms with van der Waals surface area (Å²) < 4.78 is 0. The SMILES string of the molecule is CC1(C2CC2)NCC(=O)N1CC(=O)O. The largest absolute Gasteiger partial charge is 0.480 e. The highest BCUT2D eigenvalue weighted by Crippen LogP contribution is 2.42. The highest BCUT2D eigenvalue weighted by Gasteiger charge is 2.51. The minimum absolute atomic E-state index is 0.109. The Bertz CT molecular complexity index is 288. The van der Waals surface area contributed by atoms with Crippen molar-refractivity contribution in [3.05, 3.63) is 0 Å². The number of carbonyl (C=O) groups excluding carboxylic acids is 1. The number of nitrogens with zero attached hydrogens (tertiary/aromatic N) is 1. The molecule has 14 heavy (non-hydrogen) atoms. The Balaban J connectivity index is 2.15. The molecule has 5 nitrogen and oxygen atoms in total. The first-order valence-corrected chi connectivity index (χ1v) is 4.81. The van der Waals surface area contributed by atoms with Gasteiger partial charge in [0.1, 0.15) is 6.54 Å². The van der Waals surface area contributed by atoms with E-state index < -0.39 is 11.6 Å². The fourth-order valence-corrected chi connectivity index (χ4v) is 2.10. The van der Waals surface area contributed by atoms with E-state index in [1.54, 1.807) is 0 Å². The molecule has 1 saturated carbocycles. The van der Waals surface area contributed by atoms with Gasteiger partial charge in [0.2, 0.25) is 5.91 Å². The first-order valence-electron chi connectivity index (χ1n) is 4.81. The molecule has 0 aromatic rings. The van der Waals surface area contributed by atoms with E-state index in [1.807, 2.05) is 6.92 Å². The molecule has 1 amide bonds. The van der Waals surface area contributed by atoms with Crippen molar-refractivity contribution in [2.75, 3.05) is 13.1 Å². The second kappa shape index (κ2) is 2.95. The van der Waals surface area contributed by atoms with Crippen molar-refractivity contribution in [3.8, 4) is 0 Å². The standard InChI is InChI=1S/C9H14N2O3/c1-9(6-2-3-6)10-4-7(12)11(9)5-8(13)14/h6,10H,2-5H2,1H3,(H,13,14). The third-order valence-electron chi connectivity index (χ3n) is 3.12. The second-order valence-corrected chi connectivity index (χ2v) is 4.15. The smallest absolute Gasteiger partial charge is 0.323 e. The molecule has 0 aromatic carbocycles. The van der Waals surface area contributed by atoms with Crippen molar-refractivity contribution in [1.82, 2.24) is 10.2 Å². The fraction of sp³-hybridized carbons (Fsp3) is 0.778. The number of rotatable bonds is 3. The maximum absolute atomic E-state index is 11.5. The molecule has 1 saturated heterocycles. The van der Waals surface area contributed by atoms with Crippen LogP contribution in [0.2, 0.25) is 0 Å². The highest BCUT2D eigenvalue weighted by atomic mass is 16.4. The van der Waals surface area contributed by atoms with E-state index in [2.05, 4.69) is 5.32 Å². The summed E-state index contributed by atoms with van der Waals surface area (Å²) in [7, 11) is 0. The van der Waals surface area contributed by atoms with Crippen molar-refractivity contribution >= 4 is 11.9 Å². The third kappa shape index (κ3) is 1.37. The summed E-state index contributed by atoms with van der Waals surface area (Å²) in [5.41, 5.74) is -0.421. The predicted molar refractivity (Wildman–Crippen MR) is 48.5 cm³/mol. The van der Waals surface area contributed by atoms with Gasteiger partial charge in [-0.3, -0.25) is 14.9 Å². The number of carbonyl (C=O) groups is 2. The topological polar surface area (TPSA) is 69.6 Å². The maximum Gasteiger partial charge on any atom is 0.323 e. The summed E-state index contributed by atoms with van der Waals surface area (Å²) in [5.74, 6) is -0.635. The number of aliphatic carboxylic acids is 1. The Hall–Kier alpha value is -1.10. The molecular formula is C9H14N2O3. The molecule has 5 heteroatoms. The van der Waals surface area contributed by atoms with E-state index in [9.17, 15) is 9.59 Å². The highest BCUT2D eigenvalue weighted by molar-refractivity contribution is 5.85.